The number of benzene rings is 2. The summed E-state index contributed by atoms with van der Waals surface area (Å²) in [5, 5.41) is 12.0. The van der Waals surface area contributed by atoms with Gasteiger partial charge in [0.1, 0.15) is 6.10 Å². The number of ether oxygens (including phenoxy) is 2. The fourth-order valence-electron chi connectivity index (χ4n) is 2.55. The number of carbonyl (C=O) groups excluding carboxylic acids is 2. The van der Waals surface area contributed by atoms with E-state index in [0.29, 0.717) is 17.7 Å². The van der Waals surface area contributed by atoms with E-state index in [1.807, 2.05) is 6.07 Å². The van der Waals surface area contributed by atoms with E-state index in [1.165, 1.54) is 12.1 Å². The topological polar surface area (TPSA) is 84.9 Å². The summed E-state index contributed by atoms with van der Waals surface area (Å²) in [5.74, 6) is -2.09. The van der Waals surface area contributed by atoms with Crippen LogP contribution < -0.4 is 5.32 Å². The molecule has 28 heavy (non-hydrogen) atoms. The number of aromatic hydroxyl groups is 1. The van der Waals surface area contributed by atoms with Gasteiger partial charge in [-0.3, -0.25) is 10.1 Å². The number of hydrogen-bond acceptors (Lipinski definition) is 6. The summed E-state index contributed by atoms with van der Waals surface area (Å²) in [6, 6.07) is 12.5. The maximum atomic E-state index is 13.8. The van der Waals surface area contributed by atoms with Crippen molar-refractivity contribution < 1.29 is 28.6 Å². The molecule has 6 nitrogen and oxygen atoms in total. The minimum atomic E-state index is -0.816. The molecule has 0 aliphatic heterocycles. The van der Waals surface area contributed by atoms with Crippen LogP contribution in [0.5, 0.6) is 5.75 Å². The maximum absolute atomic E-state index is 13.8. The first kappa shape index (κ1) is 21.6. The molecule has 0 aromatic heterocycles. The summed E-state index contributed by atoms with van der Waals surface area (Å²) >= 11 is 3.83. The van der Waals surface area contributed by atoms with Gasteiger partial charge >= 0.3 is 12.1 Å². The van der Waals surface area contributed by atoms with Crippen molar-refractivity contribution in [3.63, 3.8) is 0 Å². The molecule has 0 bridgehead atoms. The van der Waals surface area contributed by atoms with Crippen LogP contribution in [0.15, 0.2) is 48.5 Å². The van der Waals surface area contributed by atoms with Crippen LogP contribution >= 0.6 is 12.6 Å². The molecule has 2 aromatic rings. The van der Waals surface area contributed by atoms with E-state index >= 15 is 0 Å². The van der Waals surface area contributed by atoms with Crippen LogP contribution in [0.1, 0.15) is 25.0 Å². The molecule has 0 aliphatic rings. The first-order valence-corrected chi connectivity index (χ1v) is 9.31. The fourth-order valence-corrected chi connectivity index (χ4v) is 2.64. The Morgan fingerprint density at radius 1 is 1.21 bits per heavy atom. The van der Waals surface area contributed by atoms with Crippen molar-refractivity contribution in [3.05, 3.63) is 59.9 Å². The molecule has 0 saturated heterocycles. The lowest BCUT2D eigenvalue weighted by molar-refractivity contribution is -0.141. The van der Waals surface area contributed by atoms with Gasteiger partial charge < -0.3 is 14.6 Å². The standard InChI is InChI=1S/C20H22FNO5S/c1-13(9-10-26-18(24)12-28)19(14-7-8-17(23)16(21)11-14)27-20(25)22-15-5-3-2-4-6-15/h2-8,11,13,19,23,28H,9-10,12H2,1H3,(H,22,25)/t13-,19+/m0/s1. The summed E-state index contributed by atoms with van der Waals surface area (Å²) < 4.78 is 24.3. The van der Waals surface area contributed by atoms with Crippen molar-refractivity contribution >= 4 is 30.4 Å². The van der Waals surface area contributed by atoms with Crippen LogP contribution in [0, 0.1) is 11.7 Å². The zero-order valence-electron chi connectivity index (χ0n) is 15.3. The number of phenols is 1. The predicted molar refractivity (Wildman–Crippen MR) is 106 cm³/mol. The molecule has 1 amide bonds. The van der Waals surface area contributed by atoms with E-state index in [-0.39, 0.29) is 18.3 Å². The van der Waals surface area contributed by atoms with Gasteiger partial charge in [-0.15, -0.1) is 0 Å². The number of rotatable bonds is 8. The third kappa shape index (κ3) is 6.45. The van der Waals surface area contributed by atoms with E-state index in [0.717, 1.165) is 6.07 Å². The number of esters is 1. The molecule has 0 saturated carbocycles. The van der Waals surface area contributed by atoms with Gasteiger partial charge in [-0.25, -0.2) is 9.18 Å². The van der Waals surface area contributed by atoms with Gasteiger partial charge in [-0.2, -0.15) is 12.6 Å². The van der Waals surface area contributed by atoms with Crippen LogP contribution in [0.4, 0.5) is 14.9 Å². The van der Waals surface area contributed by atoms with Gasteiger partial charge in [-0.1, -0.05) is 31.2 Å². The molecule has 8 heteroatoms. The highest BCUT2D eigenvalue weighted by Gasteiger charge is 2.25. The molecule has 2 aromatic carbocycles. The predicted octanol–water partition coefficient (Wildman–Crippen LogP) is 4.32. The van der Waals surface area contributed by atoms with Crippen molar-refractivity contribution in [2.24, 2.45) is 5.92 Å². The summed E-state index contributed by atoms with van der Waals surface area (Å²) in [4.78, 5) is 23.5. The Kier molecular flexibility index (Phi) is 8.13. The lowest BCUT2D eigenvalue weighted by Gasteiger charge is -2.25. The number of amides is 1. The SMILES string of the molecule is C[C@@H](CCOC(=O)CS)[C@@H](OC(=O)Nc1ccccc1)c1ccc(O)c(F)c1. The van der Waals surface area contributed by atoms with Gasteiger partial charge in [0, 0.05) is 11.6 Å². The summed E-state index contributed by atoms with van der Waals surface area (Å²) in [6.45, 7) is 1.90. The number of halogens is 1. The zero-order chi connectivity index (χ0) is 20.5. The van der Waals surface area contributed by atoms with Gasteiger partial charge in [0.05, 0.1) is 12.4 Å². The highest BCUT2D eigenvalue weighted by molar-refractivity contribution is 7.81. The minimum Gasteiger partial charge on any atom is -0.505 e. The van der Waals surface area contributed by atoms with E-state index in [9.17, 15) is 19.1 Å². The zero-order valence-corrected chi connectivity index (χ0v) is 16.2. The number of thiol groups is 1. The third-order valence-corrected chi connectivity index (χ3v) is 4.29. The van der Waals surface area contributed by atoms with Crippen LogP contribution in [-0.4, -0.2) is 29.5 Å². The molecule has 0 fully saturated rings. The highest BCUT2D eigenvalue weighted by atomic mass is 32.1. The number of phenolic OH excluding ortho intramolecular Hbond substituents is 1. The second-order valence-corrected chi connectivity index (χ2v) is 6.49. The van der Waals surface area contributed by atoms with E-state index in [4.69, 9.17) is 9.47 Å². The van der Waals surface area contributed by atoms with Crippen molar-refractivity contribution in [2.45, 2.75) is 19.4 Å². The van der Waals surface area contributed by atoms with Gasteiger partial charge in [0.2, 0.25) is 0 Å². The Morgan fingerprint density at radius 2 is 1.93 bits per heavy atom. The Morgan fingerprint density at radius 3 is 2.57 bits per heavy atom. The molecule has 0 spiro atoms. The van der Waals surface area contributed by atoms with Crippen LogP contribution in [-0.2, 0) is 14.3 Å². The van der Waals surface area contributed by atoms with Gasteiger partial charge in [0.25, 0.3) is 0 Å². The second kappa shape index (κ2) is 10.6. The maximum Gasteiger partial charge on any atom is 0.412 e. The minimum absolute atomic E-state index is 0.0308. The number of para-hydroxylation sites is 1. The summed E-state index contributed by atoms with van der Waals surface area (Å²) in [6.07, 6.45) is -1.14. The highest BCUT2D eigenvalue weighted by Crippen LogP contribution is 2.31. The van der Waals surface area contributed by atoms with Crippen molar-refractivity contribution in [3.8, 4) is 5.75 Å². The Hall–Kier alpha value is -2.74. The quantitative estimate of drug-likeness (QED) is 0.448. The summed E-state index contributed by atoms with van der Waals surface area (Å²) in [7, 11) is 0. The molecular formula is C20H22FNO5S. The monoisotopic (exact) mass is 407 g/mol. The Labute approximate surface area is 168 Å². The van der Waals surface area contributed by atoms with Crippen molar-refractivity contribution in [1.29, 1.82) is 0 Å². The normalized spacial score (nSPS) is 12.7. The third-order valence-electron chi connectivity index (χ3n) is 4.04. The van der Waals surface area contributed by atoms with E-state index in [1.54, 1.807) is 31.2 Å². The first-order chi connectivity index (χ1) is 13.4. The Bertz CT molecular complexity index is 802. The molecule has 0 unspecified atom stereocenters. The van der Waals surface area contributed by atoms with Gasteiger partial charge in [0.15, 0.2) is 11.6 Å². The number of carbonyl (C=O) groups is 2. The second-order valence-electron chi connectivity index (χ2n) is 6.17. The molecule has 150 valence electrons. The summed E-state index contributed by atoms with van der Waals surface area (Å²) in [5.41, 5.74) is 0.935. The molecule has 2 rings (SSSR count). The van der Waals surface area contributed by atoms with Crippen LogP contribution in [0.25, 0.3) is 0 Å². The van der Waals surface area contributed by atoms with Gasteiger partial charge in [-0.05, 0) is 36.2 Å². The van der Waals surface area contributed by atoms with Crippen molar-refractivity contribution in [1.82, 2.24) is 0 Å². The largest absolute Gasteiger partial charge is 0.505 e. The van der Waals surface area contributed by atoms with E-state index in [2.05, 4.69) is 17.9 Å². The average Bonchev–Trinajstić information content (AvgIpc) is 2.68. The lowest BCUT2D eigenvalue weighted by Crippen LogP contribution is -2.23. The number of anilines is 1. The average molecular weight is 407 g/mol. The van der Waals surface area contributed by atoms with Crippen LogP contribution in [0.3, 0.4) is 0 Å². The lowest BCUT2D eigenvalue weighted by atomic mass is 9.94. The molecule has 0 radical (unpaired) electrons. The number of hydrogen-bond donors (Lipinski definition) is 3. The molecule has 0 aliphatic carbocycles. The molecule has 0 heterocycles. The van der Waals surface area contributed by atoms with Crippen LogP contribution in [0.2, 0.25) is 0 Å². The fraction of sp³-hybridized carbons (Fsp3) is 0.300. The Balaban J connectivity index is 2.11. The molecular weight excluding hydrogens is 385 g/mol. The molecule has 2 N–H and O–H groups in total. The van der Waals surface area contributed by atoms with E-state index < -0.39 is 29.7 Å². The molecule has 2 atom stereocenters. The smallest absolute Gasteiger partial charge is 0.412 e. The van der Waals surface area contributed by atoms with Crippen molar-refractivity contribution in [2.75, 3.05) is 17.7 Å². The number of nitrogens with one attached hydrogen (secondary N) is 1. The first-order valence-electron chi connectivity index (χ1n) is 8.68.